The lowest BCUT2D eigenvalue weighted by molar-refractivity contribution is 0.0966. The molecule has 2 aromatic carbocycles. The lowest BCUT2D eigenvalue weighted by Crippen LogP contribution is -2.15. The van der Waals surface area contributed by atoms with Crippen LogP contribution in [-0.2, 0) is 0 Å². The average molecular weight is 255 g/mol. The standard InChI is InChI=1S/C16H14FNO/c1-10-6-7-11(8-14(10)17)16(19)13-9-18-15-5-3-2-4-12(13)15/h2-8,13,18H,9H2,1H3. The van der Waals surface area contributed by atoms with E-state index in [0.717, 1.165) is 11.3 Å². The third-order valence-electron chi connectivity index (χ3n) is 3.61. The Kier molecular flexibility index (Phi) is 2.82. The smallest absolute Gasteiger partial charge is 0.172 e. The van der Waals surface area contributed by atoms with E-state index in [9.17, 15) is 9.18 Å². The summed E-state index contributed by atoms with van der Waals surface area (Å²) in [5.74, 6) is -0.584. The minimum Gasteiger partial charge on any atom is -0.384 e. The van der Waals surface area contributed by atoms with Crippen LogP contribution in [0.25, 0.3) is 0 Å². The van der Waals surface area contributed by atoms with Crippen molar-refractivity contribution in [1.29, 1.82) is 0 Å². The number of rotatable bonds is 2. The first kappa shape index (κ1) is 11.9. The Morgan fingerprint density at radius 3 is 2.84 bits per heavy atom. The summed E-state index contributed by atoms with van der Waals surface area (Å²) in [5, 5.41) is 3.21. The molecule has 2 nitrogen and oxygen atoms in total. The summed E-state index contributed by atoms with van der Waals surface area (Å²) in [7, 11) is 0. The molecule has 19 heavy (non-hydrogen) atoms. The van der Waals surface area contributed by atoms with Gasteiger partial charge in [-0.15, -0.1) is 0 Å². The summed E-state index contributed by atoms with van der Waals surface area (Å²) < 4.78 is 13.6. The molecule has 1 aliphatic heterocycles. The van der Waals surface area contributed by atoms with E-state index in [1.165, 1.54) is 6.07 Å². The molecule has 1 unspecified atom stereocenters. The molecule has 0 radical (unpaired) electrons. The Bertz CT molecular complexity index is 651. The third-order valence-corrected chi connectivity index (χ3v) is 3.61. The van der Waals surface area contributed by atoms with Gasteiger partial charge in [-0.25, -0.2) is 4.39 Å². The van der Waals surface area contributed by atoms with E-state index in [1.54, 1.807) is 19.1 Å². The number of para-hydroxylation sites is 1. The first-order valence-corrected chi connectivity index (χ1v) is 6.30. The highest BCUT2D eigenvalue weighted by Gasteiger charge is 2.29. The molecule has 0 bridgehead atoms. The van der Waals surface area contributed by atoms with Crippen LogP contribution >= 0.6 is 0 Å². The van der Waals surface area contributed by atoms with Gasteiger partial charge in [0.25, 0.3) is 0 Å². The van der Waals surface area contributed by atoms with Crippen molar-refractivity contribution in [2.45, 2.75) is 12.8 Å². The van der Waals surface area contributed by atoms with Gasteiger partial charge in [-0.05, 0) is 30.2 Å². The molecule has 96 valence electrons. The number of benzene rings is 2. The summed E-state index contributed by atoms with van der Waals surface area (Å²) in [5.41, 5.74) is 2.98. The molecule has 0 aromatic heterocycles. The number of carbonyl (C=O) groups excluding carboxylic acids is 1. The molecule has 3 heteroatoms. The van der Waals surface area contributed by atoms with Gasteiger partial charge in [0.15, 0.2) is 5.78 Å². The largest absolute Gasteiger partial charge is 0.384 e. The van der Waals surface area contributed by atoms with Gasteiger partial charge in [0.05, 0.1) is 5.92 Å². The van der Waals surface area contributed by atoms with Crippen LogP contribution in [0.2, 0.25) is 0 Å². The maximum Gasteiger partial charge on any atom is 0.172 e. The van der Waals surface area contributed by atoms with Crippen LogP contribution < -0.4 is 5.32 Å². The first-order chi connectivity index (χ1) is 9.16. The average Bonchev–Trinajstić information content (AvgIpc) is 2.85. The van der Waals surface area contributed by atoms with E-state index in [4.69, 9.17) is 0 Å². The zero-order chi connectivity index (χ0) is 13.4. The Hall–Kier alpha value is -2.16. The van der Waals surface area contributed by atoms with Crippen LogP contribution in [0, 0.1) is 12.7 Å². The fourth-order valence-corrected chi connectivity index (χ4v) is 2.47. The number of Topliss-reactive ketones (excluding diaryl/α,β-unsaturated/α-hetero) is 1. The van der Waals surface area contributed by atoms with Crippen LogP contribution in [-0.4, -0.2) is 12.3 Å². The fraction of sp³-hybridized carbons (Fsp3) is 0.188. The van der Waals surface area contributed by atoms with Gasteiger partial charge < -0.3 is 5.32 Å². The second-order valence-electron chi connectivity index (χ2n) is 4.85. The Morgan fingerprint density at radius 1 is 1.26 bits per heavy atom. The second-order valence-corrected chi connectivity index (χ2v) is 4.85. The maximum atomic E-state index is 13.6. The van der Waals surface area contributed by atoms with Crippen molar-refractivity contribution >= 4 is 11.5 Å². The molecule has 0 saturated carbocycles. The van der Waals surface area contributed by atoms with E-state index in [2.05, 4.69) is 5.32 Å². The summed E-state index contributed by atoms with van der Waals surface area (Å²) in [4.78, 5) is 12.5. The van der Waals surface area contributed by atoms with Crippen molar-refractivity contribution in [1.82, 2.24) is 0 Å². The van der Waals surface area contributed by atoms with Crippen LogP contribution in [0.4, 0.5) is 10.1 Å². The Balaban J connectivity index is 1.95. The van der Waals surface area contributed by atoms with Gasteiger partial charge in [-0.1, -0.05) is 30.3 Å². The number of hydrogen-bond acceptors (Lipinski definition) is 2. The van der Waals surface area contributed by atoms with E-state index in [1.807, 2.05) is 24.3 Å². The lowest BCUT2D eigenvalue weighted by atomic mass is 9.92. The molecular weight excluding hydrogens is 241 g/mol. The normalized spacial score (nSPS) is 16.8. The number of fused-ring (bicyclic) bond motifs is 1. The van der Waals surface area contributed by atoms with Crippen LogP contribution in [0.3, 0.4) is 0 Å². The van der Waals surface area contributed by atoms with E-state index < -0.39 is 0 Å². The van der Waals surface area contributed by atoms with Gasteiger partial charge in [0, 0.05) is 17.8 Å². The van der Waals surface area contributed by atoms with E-state index in [0.29, 0.717) is 17.7 Å². The predicted octanol–water partition coefficient (Wildman–Crippen LogP) is 3.53. The van der Waals surface area contributed by atoms with E-state index in [-0.39, 0.29) is 17.5 Å². The molecule has 2 aromatic rings. The molecule has 0 amide bonds. The van der Waals surface area contributed by atoms with Crippen molar-refractivity contribution < 1.29 is 9.18 Å². The number of halogens is 1. The minimum atomic E-state index is -0.329. The molecule has 0 fully saturated rings. The quantitative estimate of drug-likeness (QED) is 0.832. The van der Waals surface area contributed by atoms with Crippen molar-refractivity contribution in [3.05, 3.63) is 65.0 Å². The molecule has 3 rings (SSSR count). The van der Waals surface area contributed by atoms with Gasteiger partial charge >= 0.3 is 0 Å². The first-order valence-electron chi connectivity index (χ1n) is 6.30. The molecule has 0 aliphatic carbocycles. The molecule has 1 aliphatic rings. The van der Waals surface area contributed by atoms with Crippen LogP contribution in [0.5, 0.6) is 0 Å². The zero-order valence-electron chi connectivity index (χ0n) is 10.6. The van der Waals surface area contributed by atoms with Crippen molar-refractivity contribution in [3.8, 4) is 0 Å². The van der Waals surface area contributed by atoms with Crippen molar-refractivity contribution in [2.24, 2.45) is 0 Å². The van der Waals surface area contributed by atoms with Gasteiger partial charge in [0.2, 0.25) is 0 Å². The highest BCUT2D eigenvalue weighted by atomic mass is 19.1. The molecule has 1 heterocycles. The molecule has 0 saturated heterocycles. The number of hydrogen-bond donors (Lipinski definition) is 1. The van der Waals surface area contributed by atoms with Crippen molar-refractivity contribution in [2.75, 3.05) is 11.9 Å². The summed E-state index contributed by atoms with van der Waals surface area (Å²) in [6.07, 6.45) is 0. The summed E-state index contributed by atoms with van der Waals surface area (Å²) in [6, 6.07) is 12.4. The molecule has 1 atom stereocenters. The molecule has 1 N–H and O–H groups in total. The van der Waals surface area contributed by atoms with Gasteiger partial charge in [-0.3, -0.25) is 4.79 Å². The minimum absolute atomic E-state index is 0.0312. The number of aryl methyl sites for hydroxylation is 1. The summed E-state index contributed by atoms with van der Waals surface area (Å²) in [6.45, 7) is 2.27. The van der Waals surface area contributed by atoms with Crippen molar-refractivity contribution in [3.63, 3.8) is 0 Å². The summed E-state index contributed by atoms with van der Waals surface area (Å²) >= 11 is 0. The fourth-order valence-electron chi connectivity index (χ4n) is 2.47. The number of nitrogens with one attached hydrogen (secondary N) is 1. The second kappa shape index (κ2) is 4.50. The number of ketones is 1. The number of carbonyl (C=O) groups is 1. The topological polar surface area (TPSA) is 29.1 Å². The third kappa shape index (κ3) is 2.01. The highest BCUT2D eigenvalue weighted by Crippen LogP contribution is 2.33. The van der Waals surface area contributed by atoms with E-state index >= 15 is 0 Å². The SMILES string of the molecule is Cc1ccc(C(=O)C2CNc3ccccc32)cc1F. The van der Waals surface area contributed by atoms with Crippen LogP contribution in [0.1, 0.15) is 27.4 Å². The molecular formula is C16H14FNO. The molecule has 0 spiro atoms. The van der Waals surface area contributed by atoms with Crippen LogP contribution in [0.15, 0.2) is 42.5 Å². The van der Waals surface area contributed by atoms with Gasteiger partial charge in [-0.2, -0.15) is 0 Å². The number of anilines is 1. The lowest BCUT2D eigenvalue weighted by Gasteiger charge is -2.09. The van der Waals surface area contributed by atoms with Gasteiger partial charge in [0.1, 0.15) is 5.82 Å². The predicted molar refractivity (Wildman–Crippen MR) is 73.1 cm³/mol. The Morgan fingerprint density at radius 2 is 2.05 bits per heavy atom. The monoisotopic (exact) mass is 255 g/mol. The zero-order valence-corrected chi connectivity index (χ0v) is 10.6. The maximum absolute atomic E-state index is 13.6. The Labute approximate surface area is 111 Å². The highest BCUT2D eigenvalue weighted by molar-refractivity contribution is 6.03.